The van der Waals surface area contributed by atoms with Crippen molar-refractivity contribution in [3.8, 4) is 39.8 Å². The van der Waals surface area contributed by atoms with E-state index in [1.165, 1.54) is 63.1 Å². The summed E-state index contributed by atoms with van der Waals surface area (Å²) in [4.78, 5) is 39.5. The number of nitrogens with zero attached hydrogens (tertiary/aromatic N) is 2. The molecule has 0 atom stereocenters. The molecule has 1 N–H and O–H groups in total. The minimum atomic E-state index is -0.385. The van der Waals surface area contributed by atoms with E-state index in [1.54, 1.807) is 30.3 Å². The summed E-state index contributed by atoms with van der Waals surface area (Å²) in [5.74, 6) is 2.16. The number of aryl methyl sites for hydroxylation is 4. The van der Waals surface area contributed by atoms with E-state index in [2.05, 4.69) is 26.8 Å². The average molecular weight is 797 g/mol. The summed E-state index contributed by atoms with van der Waals surface area (Å²) in [7, 11) is 0. The number of unbranched alkanes of at least 4 members (excludes halogenated alkanes) is 3. The van der Waals surface area contributed by atoms with Gasteiger partial charge in [0.05, 0.1) is 47.1 Å². The van der Waals surface area contributed by atoms with E-state index < -0.39 is 0 Å². The topological polar surface area (TPSA) is 98.6 Å². The highest BCUT2D eigenvalue weighted by atomic mass is 32.2. The minimum absolute atomic E-state index is 0.00764. The van der Waals surface area contributed by atoms with Gasteiger partial charge >= 0.3 is 0 Å². The number of rotatable bonds is 15. The second-order valence-corrected chi connectivity index (χ2v) is 17.3. The Morgan fingerprint density at radius 3 is 1.90 bits per heavy atom. The Labute approximate surface area is 348 Å². The number of carbonyl (C=O) groups excluding carboxylic acids is 2. The second-order valence-electron chi connectivity index (χ2n) is 16.2. The van der Waals surface area contributed by atoms with Gasteiger partial charge in [-0.15, -0.1) is 0 Å². The van der Waals surface area contributed by atoms with E-state index in [-0.39, 0.29) is 34.0 Å². The molecule has 58 heavy (non-hydrogen) atoms. The number of pyridine rings is 2. The molecule has 0 amide bonds. The largest absolute Gasteiger partial charge is 0.506 e. The molecule has 0 bridgehead atoms. The summed E-state index contributed by atoms with van der Waals surface area (Å²) in [6.45, 7) is 13.7. The Morgan fingerprint density at radius 2 is 1.26 bits per heavy atom. The van der Waals surface area contributed by atoms with Crippen molar-refractivity contribution in [1.29, 1.82) is 0 Å². The standard InChI is InChI=1S/C50H56N2O5S/c1-7-9-11-14-34-17-19-35(20-18-34)29-57-50-30(3)26-41(51-33(50)6)36-21-23-37(24-22-36)58-43-28-40(42-27-31(4)49(32(5)52-42)56-25-10-8-2)48(55)45-44(43)46(53)38-15-12-13-16-39(38)47(45)54/h12-13,15-16,21-24,26-28,34-35,55H,7-11,14,17-20,25,29H2,1-6H3. The number of fused-ring (bicyclic) bond motifs is 2. The summed E-state index contributed by atoms with van der Waals surface area (Å²) < 4.78 is 12.5. The number of aromatic nitrogens is 2. The van der Waals surface area contributed by atoms with Crippen LogP contribution in [-0.2, 0) is 0 Å². The van der Waals surface area contributed by atoms with Crippen LogP contribution in [0.4, 0.5) is 0 Å². The van der Waals surface area contributed by atoms with Crippen LogP contribution in [0.5, 0.6) is 17.2 Å². The van der Waals surface area contributed by atoms with Gasteiger partial charge in [-0.25, -0.2) is 9.97 Å². The number of hydrogen-bond acceptors (Lipinski definition) is 8. The molecule has 1 saturated carbocycles. The lowest BCUT2D eigenvalue weighted by Gasteiger charge is -2.28. The molecule has 302 valence electrons. The molecule has 7 rings (SSSR count). The van der Waals surface area contributed by atoms with Gasteiger partial charge in [0.1, 0.15) is 17.2 Å². The van der Waals surface area contributed by atoms with Gasteiger partial charge in [0, 0.05) is 32.0 Å². The first-order chi connectivity index (χ1) is 28.1. The number of ether oxygens (including phenoxy) is 2. The summed E-state index contributed by atoms with van der Waals surface area (Å²) in [5.41, 5.74) is 7.07. The van der Waals surface area contributed by atoms with Crippen molar-refractivity contribution in [2.45, 2.75) is 116 Å². The summed E-state index contributed by atoms with van der Waals surface area (Å²) >= 11 is 1.39. The van der Waals surface area contributed by atoms with Crippen LogP contribution in [0.3, 0.4) is 0 Å². The molecule has 2 heterocycles. The fourth-order valence-electron chi connectivity index (χ4n) is 8.59. The quantitative estimate of drug-likeness (QED) is 0.103. The Hall–Kier alpha value is -4.95. The lowest BCUT2D eigenvalue weighted by Crippen LogP contribution is -2.22. The minimum Gasteiger partial charge on any atom is -0.506 e. The lowest BCUT2D eigenvalue weighted by molar-refractivity contribution is 0.0974. The number of aromatic hydroxyl groups is 1. The highest BCUT2D eigenvalue weighted by Crippen LogP contribution is 2.46. The van der Waals surface area contributed by atoms with Crippen molar-refractivity contribution in [3.63, 3.8) is 0 Å². The zero-order chi connectivity index (χ0) is 40.9. The molecule has 0 unspecified atom stereocenters. The third-order valence-corrected chi connectivity index (χ3v) is 12.9. The van der Waals surface area contributed by atoms with Crippen molar-refractivity contribution in [2.75, 3.05) is 13.2 Å². The first kappa shape index (κ1) is 41.2. The highest BCUT2D eigenvalue weighted by molar-refractivity contribution is 7.99. The summed E-state index contributed by atoms with van der Waals surface area (Å²) in [6, 6.07) is 20.6. The van der Waals surface area contributed by atoms with Crippen LogP contribution < -0.4 is 9.47 Å². The molecule has 2 aliphatic carbocycles. The van der Waals surface area contributed by atoms with Gasteiger partial charge in [0.2, 0.25) is 0 Å². The number of carbonyl (C=O) groups is 2. The van der Waals surface area contributed by atoms with Gasteiger partial charge in [0.15, 0.2) is 11.6 Å². The zero-order valence-corrected chi connectivity index (χ0v) is 35.7. The van der Waals surface area contributed by atoms with E-state index in [0.717, 1.165) is 69.8 Å². The normalized spacial score (nSPS) is 16.2. The lowest BCUT2D eigenvalue weighted by atomic mass is 9.80. The number of phenolic OH excluding ortho intramolecular Hbond substituents is 1. The maximum Gasteiger partial charge on any atom is 0.198 e. The molecular weight excluding hydrogens is 741 g/mol. The fraction of sp³-hybridized carbons (Fsp3) is 0.400. The van der Waals surface area contributed by atoms with Crippen molar-refractivity contribution >= 4 is 23.3 Å². The van der Waals surface area contributed by atoms with Crippen molar-refractivity contribution in [3.05, 3.63) is 111 Å². The van der Waals surface area contributed by atoms with E-state index in [0.29, 0.717) is 39.9 Å². The maximum atomic E-state index is 14.1. The van der Waals surface area contributed by atoms with Crippen LogP contribution in [0, 0.1) is 39.5 Å². The fourth-order valence-corrected chi connectivity index (χ4v) is 9.59. The van der Waals surface area contributed by atoms with Crippen molar-refractivity contribution in [2.24, 2.45) is 11.8 Å². The number of phenols is 1. The smallest absolute Gasteiger partial charge is 0.198 e. The Balaban J connectivity index is 1.14. The zero-order valence-electron chi connectivity index (χ0n) is 34.9. The molecule has 3 aromatic carbocycles. The predicted octanol–water partition coefficient (Wildman–Crippen LogP) is 12.6. The molecule has 0 radical (unpaired) electrons. The van der Waals surface area contributed by atoms with Gasteiger partial charge < -0.3 is 14.6 Å². The number of ketones is 2. The van der Waals surface area contributed by atoms with Crippen LogP contribution in [-0.4, -0.2) is 39.9 Å². The highest BCUT2D eigenvalue weighted by Gasteiger charge is 2.36. The Morgan fingerprint density at radius 1 is 0.672 bits per heavy atom. The number of benzene rings is 3. The predicted molar refractivity (Wildman–Crippen MR) is 233 cm³/mol. The molecule has 5 aromatic rings. The molecule has 0 aliphatic heterocycles. The van der Waals surface area contributed by atoms with Crippen LogP contribution in [0.2, 0.25) is 0 Å². The second kappa shape index (κ2) is 18.3. The van der Waals surface area contributed by atoms with Gasteiger partial charge in [0.25, 0.3) is 0 Å². The van der Waals surface area contributed by atoms with Gasteiger partial charge in [-0.3, -0.25) is 9.59 Å². The molecule has 1 fully saturated rings. The molecular formula is C50H56N2O5S. The molecule has 8 heteroatoms. The number of hydrogen-bond donors (Lipinski definition) is 1. The molecule has 7 nitrogen and oxygen atoms in total. The van der Waals surface area contributed by atoms with Gasteiger partial charge in [-0.05, 0) is 100 Å². The first-order valence-electron chi connectivity index (χ1n) is 21.2. The third kappa shape index (κ3) is 8.73. The van der Waals surface area contributed by atoms with Crippen LogP contribution >= 0.6 is 11.8 Å². The van der Waals surface area contributed by atoms with Crippen molar-refractivity contribution < 1.29 is 24.2 Å². The molecule has 2 aromatic heterocycles. The Bertz CT molecular complexity index is 2260. The van der Waals surface area contributed by atoms with Crippen LogP contribution in [0.25, 0.3) is 22.5 Å². The van der Waals surface area contributed by atoms with E-state index >= 15 is 0 Å². The van der Waals surface area contributed by atoms with E-state index in [4.69, 9.17) is 19.4 Å². The Kier molecular flexibility index (Phi) is 13.0. The monoisotopic (exact) mass is 796 g/mol. The third-order valence-electron chi connectivity index (χ3n) is 11.8. The molecule has 0 saturated heterocycles. The molecule has 2 aliphatic rings. The average Bonchev–Trinajstić information content (AvgIpc) is 3.22. The summed E-state index contributed by atoms with van der Waals surface area (Å²) in [6.07, 6.45) is 12.5. The van der Waals surface area contributed by atoms with Crippen LogP contribution in [0.1, 0.15) is 132 Å². The first-order valence-corrected chi connectivity index (χ1v) is 22.0. The van der Waals surface area contributed by atoms with Crippen molar-refractivity contribution in [1.82, 2.24) is 9.97 Å². The molecule has 0 spiro atoms. The van der Waals surface area contributed by atoms with Crippen LogP contribution in [0.15, 0.2) is 76.5 Å². The van der Waals surface area contributed by atoms with Gasteiger partial charge in [-0.1, -0.05) is 107 Å². The van der Waals surface area contributed by atoms with Gasteiger partial charge in [-0.2, -0.15) is 0 Å². The maximum absolute atomic E-state index is 14.1. The SMILES string of the molecule is CCCCCC1CCC(COc2c(C)cc(-c3ccc(Sc4cc(-c5cc(C)c(OCCCC)c(C)n5)c(O)c5c4C(=O)c4ccccc4C5=O)cc3)nc2C)CC1. The summed E-state index contributed by atoms with van der Waals surface area (Å²) in [5, 5.41) is 11.8. The van der Waals surface area contributed by atoms with E-state index in [9.17, 15) is 14.7 Å². The van der Waals surface area contributed by atoms with E-state index in [1.807, 2.05) is 51.1 Å².